The van der Waals surface area contributed by atoms with Crippen molar-refractivity contribution in [1.29, 1.82) is 0 Å². The lowest BCUT2D eigenvalue weighted by Crippen LogP contribution is -1.98. The van der Waals surface area contributed by atoms with Gasteiger partial charge in [0.25, 0.3) is 0 Å². The molecule has 0 amide bonds. The third-order valence-electron chi connectivity index (χ3n) is 1.15. The molecule has 0 aliphatic heterocycles. The Kier molecular flexibility index (Phi) is 3.33. The minimum absolute atomic E-state index is 0.115. The van der Waals surface area contributed by atoms with Crippen LogP contribution in [0.2, 0.25) is 5.28 Å². The van der Waals surface area contributed by atoms with Gasteiger partial charge in [0, 0.05) is 0 Å². The van der Waals surface area contributed by atoms with Crippen LogP contribution in [0.3, 0.4) is 0 Å². The number of nitrogens with zero attached hydrogens (tertiary/aromatic N) is 2. The summed E-state index contributed by atoms with van der Waals surface area (Å²) in [4.78, 5) is 7.69. The Labute approximate surface area is 88.4 Å². The highest BCUT2D eigenvalue weighted by Gasteiger charge is 2.11. The van der Waals surface area contributed by atoms with Crippen molar-refractivity contribution in [2.45, 2.75) is 0 Å². The number of aromatic nitrogens is 2. The molecule has 0 radical (unpaired) electrons. The molecule has 0 fully saturated rings. The fourth-order valence-corrected chi connectivity index (χ4v) is 1.49. The normalized spacial score (nSPS) is 9.67. The minimum atomic E-state index is 0.115. The molecule has 12 heavy (non-hydrogen) atoms. The molecule has 0 bridgehead atoms. The Morgan fingerprint density at radius 3 is 1.92 bits per heavy atom. The van der Waals surface area contributed by atoms with E-state index in [9.17, 15) is 0 Å². The van der Waals surface area contributed by atoms with E-state index in [1.54, 1.807) is 0 Å². The second kappa shape index (κ2) is 4.08. The van der Waals surface area contributed by atoms with Gasteiger partial charge in [-0.15, -0.1) is 0 Å². The van der Waals surface area contributed by atoms with E-state index in [2.05, 4.69) is 9.97 Å². The third kappa shape index (κ3) is 1.89. The second-order valence-corrected chi connectivity index (χ2v) is 3.24. The molecule has 1 aromatic rings. The summed E-state index contributed by atoms with van der Waals surface area (Å²) in [6.07, 6.45) is 0. The number of ether oxygens (including phenoxy) is 2. The Balaban J connectivity index is 3.22. The van der Waals surface area contributed by atoms with E-state index in [4.69, 9.17) is 21.1 Å². The topological polar surface area (TPSA) is 44.2 Å². The molecular formula is C6H6ClIN2O2. The third-order valence-corrected chi connectivity index (χ3v) is 2.24. The van der Waals surface area contributed by atoms with Gasteiger partial charge in [-0.1, -0.05) is 0 Å². The lowest BCUT2D eigenvalue weighted by Gasteiger charge is -2.05. The van der Waals surface area contributed by atoms with Gasteiger partial charge in [-0.2, -0.15) is 9.97 Å². The predicted octanol–water partition coefficient (Wildman–Crippen LogP) is 1.75. The maximum atomic E-state index is 5.59. The van der Waals surface area contributed by atoms with Crippen LogP contribution in [0.5, 0.6) is 11.8 Å². The zero-order chi connectivity index (χ0) is 9.14. The summed E-state index contributed by atoms with van der Waals surface area (Å²) in [6, 6.07) is 0. The van der Waals surface area contributed by atoms with Crippen LogP contribution < -0.4 is 9.47 Å². The van der Waals surface area contributed by atoms with Crippen LogP contribution in [0.15, 0.2) is 0 Å². The highest BCUT2D eigenvalue weighted by Crippen LogP contribution is 2.27. The summed E-state index contributed by atoms with van der Waals surface area (Å²) < 4.78 is 10.6. The van der Waals surface area contributed by atoms with Gasteiger partial charge in [-0.05, 0) is 34.2 Å². The van der Waals surface area contributed by atoms with Crippen molar-refractivity contribution in [3.63, 3.8) is 0 Å². The maximum Gasteiger partial charge on any atom is 0.235 e. The first-order chi connectivity index (χ1) is 5.69. The van der Waals surface area contributed by atoms with E-state index in [-0.39, 0.29) is 5.28 Å². The molecule has 0 aliphatic rings. The quantitative estimate of drug-likeness (QED) is 0.616. The van der Waals surface area contributed by atoms with Crippen molar-refractivity contribution in [2.24, 2.45) is 0 Å². The molecule has 0 aromatic carbocycles. The van der Waals surface area contributed by atoms with Gasteiger partial charge in [0.15, 0.2) is 0 Å². The van der Waals surface area contributed by atoms with Crippen molar-refractivity contribution >= 4 is 34.2 Å². The van der Waals surface area contributed by atoms with Gasteiger partial charge in [0.05, 0.1) is 14.2 Å². The molecular weight excluding hydrogens is 294 g/mol. The molecule has 0 atom stereocenters. The fourth-order valence-electron chi connectivity index (χ4n) is 0.653. The molecule has 6 heteroatoms. The van der Waals surface area contributed by atoms with Gasteiger partial charge in [0.2, 0.25) is 17.0 Å². The van der Waals surface area contributed by atoms with Gasteiger partial charge in [-0.25, -0.2) is 0 Å². The average molecular weight is 300 g/mol. The zero-order valence-electron chi connectivity index (χ0n) is 6.47. The van der Waals surface area contributed by atoms with Crippen LogP contribution >= 0.6 is 34.2 Å². The molecule has 4 nitrogen and oxygen atoms in total. The maximum absolute atomic E-state index is 5.59. The summed E-state index contributed by atoms with van der Waals surface area (Å²) in [5.74, 6) is 0.847. The van der Waals surface area contributed by atoms with Gasteiger partial charge >= 0.3 is 0 Å². The first kappa shape index (κ1) is 9.79. The van der Waals surface area contributed by atoms with Crippen LogP contribution in [0.4, 0.5) is 0 Å². The minimum Gasteiger partial charge on any atom is -0.480 e. The van der Waals surface area contributed by atoms with E-state index >= 15 is 0 Å². The monoisotopic (exact) mass is 300 g/mol. The molecule has 1 heterocycles. The lowest BCUT2D eigenvalue weighted by atomic mass is 10.6. The van der Waals surface area contributed by atoms with E-state index in [0.717, 1.165) is 0 Å². The summed E-state index contributed by atoms with van der Waals surface area (Å²) in [6.45, 7) is 0. The first-order valence-electron chi connectivity index (χ1n) is 3.00. The molecule has 0 saturated carbocycles. The molecule has 0 aliphatic carbocycles. The van der Waals surface area contributed by atoms with Gasteiger partial charge in [-0.3, -0.25) is 0 Å². The van der Waals surface area contributed by atoms with E-state index in [1.807, 2.05) is 22.6 Å². The zero-order valence-corrected chi connectivity index (χ0v) is 9.38. The summed E-state index contributed by atoms with van der Waals surface area (Å²) in [5, 5.41) is 0.115. The number of hydrogen-bond acceptors (Lipinski definition) is 4. The predicted molar refractivity (Wildman–Crippen MR) is 52.9 cm³/mol. The van der Waals surface area contributed by atoms with Gasteiger partial charge in [0.1, 0.15) is 3.57 Å². The number of methoxy groups -OCH3 is 2. The van der Waals surface area contributed by atoms with E-state index in [0.29, 0.717) is 15.3 Å². The molecule has 0 unspecified atom stereocenters. The number of hydrogen-bond donors (Lipinski definition) is 0. The molecule has 1 aromatic heterocycles. The van der Waals surface area contributed by atoms with Crippen molar-refractivity contribution in [1.82, 2.24) is 9.97 Å². The molecule has 1 rings (SSSR count). The van der Waals surface area contributed by atoms with Crippen LogP contribution in [0.1, 0.15) is 0 Å². The Hall–Kier alpha value is -0.300. The van der Waals surface area contributed by atoms with Gasteiger partial charge < -0.3 is 9.47 Å². The van der Waals surface area contributed by atoms with Crippen molar-refractivity contribution < 1.29 is 9.47 Å². The molecule has 0 spiro atoms. The fraction of sp³-hybridized carbons (Fsp3) is 0.333. The van der Waals surface area contributed by atoms with Crippen molar-refractivity contribution in [2.75, 3.05) is 14.2 Å². The highest BCUT2D eigenvalue weighted by molar-refractivity contribution is 14.1. The number of halogens is 2. The second-order valence-electron chi connectivity index (χ2n) is 1.83. The highest BCUT2D eigenvalue weighted by atomic mass is 127. The average Bonchev–Trinajstić information content (AvgIpc) is 2.08. The summed E-state index contributed by atoms with van der Waals surface area (Å²) >= 11 is 7.62. The van der Waals surface area contributed by atoms with E-state index in [1.165, 1.54) is 14.2 Å². The molecule has 0 saturated heterocycles. The van der Waals surface area contributed by atoms with Crippen LogP contribution in [0, 0.1) is 3.57 Å². The smallest absolute Gasteiger partial charge is 0.235 e. The Morgan fingerprint density at radius 1 is 1.17 bits per heavy atom. The standard InChI is InChI=1S/C6H6ClIN2O2/c1-11-4-3(8)5(12-2)10-6(7)9-4/h1-2H3. The first-order valence-corrected chi connectivity index (χ1v) is 4.45. The molecule has 0 N–H and O–H groups in total. The molecule has 66 valence electrons. The lowest BCUT2D eigenvalue weighted by molar-refractivity contribution is 0.366. The van der Waals surface area contributed by atoms with Crippen molar-refractivity contribution in [3.8, 4) is 11.8 Å². The number of rotatable bonds is 2. The SMILES string of the molecule is COc1nc(Cl)nc(OC)c1I. The summed E-state index contributed by atoms with van der Waals surface area (Å²) in [7, 11) is 3.03. The van der Waals surface area contributed by atoms with Crippen LogP contribution in [0.25, 0.3) is 0 Å². The van der Waals surface area contributed by atoms with Crippen LogP contribution in [-0.2, 0) is 0 Å². The largest absolute Gasteiger partial charge is 0.480 e. The summed E-state index contributed by atoms with van der Waals surface area (Å²) in [5.41, 5.74) is 0. The Morgan fingerprint density at radius 2 is 1.58 bits per heavy atom. The Bertz CT molecular complexity index is 270. The van der Waals surface area contributed by atoms with Crippen LogP contribution in [-0.4, -0.2) is 24.2 Å². The van der Waals surface area contributed by atoms with Crippen molar-refractivity contribution in [3.05, 3.63) is 8.85 Å². The van der Waals surface area contributed by atoms with E-state index < -0.39 is 0 Å².